The number of rotatable bonds is 5. The molecule has 160 valence electrons. The fraction of sp³-hybridized carbons (Fsp3) is 0.167. The third-order valence-corrected chi connectivity index (χ3v) is 6.16. The minimum absolute atomic E-state index is 0.0685. The molecule has 4 rings (SSSR count). The summed E-state index contributed by atoms with van der Waals surface area (Å²) in [6.07, 6.45) is -2.04. The van der Waals surface area contributed by atoms with Gasteiger partial charge in [-0.15, -0.1) is 11.3 Å². The van der Waals surface area contributed by atoms with Crippen molar-refractivity contribution in [3.05, 3.63) is 58.2 Å². The molecule has 13 heteroatoms. The summed E-state index contributed by atoms with van der Waals surface area (Å²) in [6.45, 7) is 0. The van der Waals surface area contributed by atoms with E-state index < -0.39 is 17.6 Å². The van der Waals surface area contributed by atoms with Crippen molar-refractivity contribution >= 4 is 44.9 Å². The third-order valence-electron chi connectivity index (χ3n) is 4.24. The van der Waals surface area contributed by atoms with E-state index in [1.54, 1.807) is 18.5 Å². The molecule has 3 aromatic heterocycles. The van der Waals surface area contributed by atoms with Gasteiger partial charge in [0.05, 0.1) is 28.2 Å². The average Bonchev–Trinajstić information content (AvgIpc) is 3.41. The molecule has 31 heavy (non-hydrogen) atoms. The van der Waals surface area contributed by atoms with Crippen LogP contribution >= 0.6 is 23.1 Å². The molecule has 0 unspecified atom stereocenters. The molecule has 0 radical (unpaired) electrons. The molecule has 0 saturated heterocycles. The van der Waals surface area contributed by atoms with Gasteiger partial charge in [0.15, 0.2) is 5.16 Å². The van der Waals surface area contributed by atoms with Crippen LogP contribution in [0, 0.1) is 0 Å². The lowest BCUT2D eigenvalue weighted by molar-refractivity contribution is -0.137. The van der Waals surface area contributed by atoms with Crippen LogP contribution in [0.2, 0.25) is 0 Å². The second-order valence-corrected chi connectivity index (χ2v) is 8.16. The van der Waals surface area contributed by atoms with Gasteiger partial charge in [-0.05, 0) is 29.6 Å². The summed E-state index contributed by atoms with van der Waals surface area (Å²) in [5.41, 5.74) is -0.446. The van der Waals surface area contributed by atoms with Crippen LogP contribution in [0.1, 0.15) is 5.56 Å². The number of thiophene rings is 1. The van der Waals surface area contributed by atoms with Gasteiger partial charge in [0.25, 0.3) is 5.56 Å². The van der Waals surface area contributed by atoms with Crippen LogP contribution in [-0.2, 0) is 18.0 Å². The van der Waals surface area contributed by atoms with Crippen LogP contribution in [0.5, 0.6) is 0 Å². The highest BCUT2D eigenvalue weighted by Crippen LogP contribution is 2.33. The first-order valence-electron chi connectivity index (χ1n) is 8.67. The minimum Gasteiger partial charge on any atom is -0.323 e. The molecule has 0 aliphatic heterocycles. The molecule has 0 spiro atoms. The Labute approximate surface area is 180 Å². The summed E-state index contributed by atoms with van der Waals surface area (Å²) in [5, 5.41) is 8.47. The lowest BCUT2D eigenvalue weighted by Gasteiger charge is -2.14. The van der Waals surface area contributed by atoms with Crippen LogP contribution in [0.3, 0.4) is 0 Å². The number of halogens is 3. The monoisotopic (exact) mass is 466 g/mol. The van der Waals surface area contributed by atoms with E-state index in [1.807, 2.05) is 0 Å². The number of fused-ring (bicyclic) bond motifs is 1. The molecular weight excluding hydrogens is 453 g/mol. The SMILES string of the molecule is Cn1c(SCC(=O)Nc2cc(C(F)(F)F)ccc2-n2cncn2)nc2ccsc2c1=O. The number of anilines is 1. The summed E-state index contributed by atoms with van der Waals surface area (Å²) >= 11 is 2.28. The van der Waals surface area contributed by atoms with Crippen molar-refractivity contribution in [2.45, 2.75) is 11.3 Å². The number of benzene rings is 1. The Morgan fingerprint density at radius 2 is 2.10 bits per heavy atom. The second-order valence-electron chi connectivity index (χ2n) is 6.30. The van der Waals surface area contributed by atoms with E-state index in [4.69, 9.17) is 0 Å². The van der Waals surface area contributed by atoms with E-state index >= 15 is 0 Å². The highest BCUT2D eigenvalue weighted by atomic mass is 32.2. The van der Waals surface area contributed by atoms with E-state index in [2.05, 4.69) is 20.4 Å². The van der Waals surface area contributed by atoms with Crippen LogP contribution < -0.4 is 10.9 Å². The van der Waals surface area contributed by atoms with Crippen LogP contribution in [0.15, 0.2) is 52.3 Å². The topological polar surface area (TPSA) is 94.7 Å². The van der Waals surface area contributed by atoms with Crippen molar-refractivity contribution < 1.29 is 18.0 Å². The fourth-order valence-corrected chi connectivity index (χ4v) is 4.34. The first kappa shape index (κ1) is 21.1. The van der Waals surface area contributed by atoms with E-state index in [9.17, 15) is 22.8 Å². The summed E-state index contributed by atoms with van der Waals surface area (Å²) in [4.78, 5) is 33.0. The summed E-state index contributed by atoms with van der Waals surface area (Å²) in [7, 11) is 1.55. The van der Waals surface area contributed by atoms with Crippen molar-refractivity contribution in [3.8, 4) is 5.69 Å². The van der Waals surface area contributed by atoms with Gasteiger partial charge in [-0.2, -0.15) is 18.3 Å². The third kappa shape index (κ3) is 4.32. The van der Waals surface area contributed by atoms with Gasteiger partial charge in [0, 0.05) is 7.05 Å². The lowest BCUT2D eigenvalue weighted by atomic mass is 10.1. The Morgan fingerprint density at radius 3 is 2.81 bits per heavy atom. The zero-order chi connectivity index (χ0) is 22.2. The first-order chi connectivity index (χ1) is 14.7. The zero-order valence-corrected chi connectivity index (χ0v) is 17.4. The van der Waals surface area contributed by atoms with Gasteiger partial charge in [-0.3, -0.25) is 14.2 Å². The fourth-order valence-electron chi connectivity index (χ4n) is 2.76. The summed E-state index contributed by atoms with van der Waals surface area (Å²) in [6, 6.07) is 4.65. The number of nitrogens with zero attached hydrogens (tertiary/aromatic N) is 5. The van der Waals surface area contributed by atoms with Gasteiger partial charge in [-0.1, -0.05) is 11.8 Å². The predicted octanol–water partition coefficient (Wildman–Crippen LogP) is 3.33. The number of hydrogen-bond donors (Lipinski definition) is 1. The smallest absolute Gasteiger partial charge is 0.323 e. The maximum Gasteiger partial charge on any atom is 0.416 e. The maximum absolute atomic E-state index is 13.1. The normalized spacial score (nSPS) is 11.7. The summed E-state index contributed by atoms with van der Waals surface area (Å²) < 4.78 is 42.5. The highest BCUT2D eigenvalue weighted by Gasteiger charge is 2.31. The Balaban J connectivity index is 1.57. The van der Waals surface area contributed by atoms with Gasteiger partial charge >= 0.3 is 6.18 Å². The number of aromatic nitrogens is 5. The number of thioether (sulfide) groups is 1. The quantitative estimate of drug-likeness (QED) is 0.358. The average molecular weight is 466 g/mol. The van der Waals surface area contributed by atoms with E-state index in [1.165, 1.54) is 39.3 Å². The van der Waals surface area contributed by atoms with Gasteiger partial charge in [0.1, 0.15) is 17.4 Å². The molecule has 8 nitrogen and oxygen atoms in total. The van der Waals surface area contributed by atoms with Crippen molar-refractivity contribution in [3.63, 3.8) is 0 Å². The molecule has 1 amide bonds. The molecule has 4 aromatic rings. The number of hydrogen-bond acceptors (Lipinski definition) is 7. The zero-order valence-electron chi connectivity index (χ0n) is 15.8. The molecule has 0 saturated carbocycles. The Kier molecular flexibility index (Phi) is 5.54. The molecule has 3 heterocycles. The summed E-state index contributed by atoms with van der Waals surface area (Å²) in [5.74, 6) is -0.728. The number of carbonyl (C=O) groups excluding carboxylic acids is 1. The first-order valence-corrected chi connectivity index (χ1v) is 10.5. The minimum atomic E-state index is -4.58. The van der Waals surface area contributed by atoms with E-state index in [0.717, 1.165) is 23.9 Å². The standard InChI is InChI=1S/C18H13F3N6O2S2/c1-26-16(29)15-11(4-5-30-15)25-17(26)31-7-14(28)24-12-6-10(18(19,20)21)2-3-13(12)27-9-22-8-23-27/h2-6,8-9H,7H2,1H3,(H,24,28). The van der Waals surface area contributed by atoms with E-state index in [0.29, 0.717) is 15.4 Å². The molecule has 0 atom stereocenters. The Bertz CT molecular complexity index is 1310. The van der Waals surface area contributed by atoms with Crippen molar-refractivity contribution in [2.24, 2.45) is 7.05 Å². The van der Waals surface area contributed by atoms with Gasteiger partial charge < -0.3 is 5.32 Å². The second kappa shape index (κ2) is 8.15. The van der Waals surface area contributed by atoms with Crippen LogP contribution in [0.25, 0.3) is 15.9 Å². The number of amides is 1. The molecule has 0 fully saturated rings. The molecule has 0 aliphatic rings. The number of nitrogens with one attached hydrogen (secondary N) is 1. The molecular formula is C18H13F3N6O2S2. The predicted molar refractivity (Wildman–Crippen MR) is 111 cm³/mol. The lowest BCUT2D eigenvalue weighted by Crippen LogP contribution is -2.21. The maximum atomic E-state index is 13.1. The number of carbonyl (C=O) groups is 1. The Hall–Kier alpha value is -3.19. The van der Waals surface area contributed by atoms with Crippen molar-refractivity contribution in [1.29, 1.82) is 0 Å². The van der Waals surface area contributed by atoms with Gasteiger partial charge in [-0.25, -0.2) is 14.6 Å². The largest absolute Gasteiger partial charge is 0.416 e. The number of alkyl halides is 3. The molecule has 1 aromatic carbocycles. The van der Waals surface area contributed by atoms with Crippen molar-refractivity contribution in [1.82, 2.24) is 24.3 Å². The van der Waals surface area contributed by atoms with Crippen LogP contribution in [-0.4, -0.2) is 36.0 Å². The Morgan fingerprint density at radius 1 is 1.29 bits per heavy atom. The van der Waals surface area contributed by atoms with E-state index in [-0.39, 0.29) is 22.7 Å². The molecule has 0 bridgehead atoms. The molecule has 0 aliphatic carbocycles. The van der Waals surface area contributed by atoms with Gasteiger partial charge in [0.2, 0.25) is 5.91 Å². The van der Waals surface area contributed by atoms with Crippen LogP contribution in [0.4, 0.5) is 18.9 Å². The highest BCUT2D eigenvalue weighted by molar-refractivity contribution is 7.99. The van der Waals surface area contributed by atoms with Crippen molar-refractivity contribution in [2.75, 3.05) is 11.1 Å². The molecule has 1 N–H and O–H groups in total.